The van der Waals surface area contributed by atoms with E-state index in [2.05, 4.69) is 10.3 Å². The minimum Gasteiger partial charge on any atom is -0.478 e. The van der Waals surface area contributed by atoms with E-state index in [1.54, 1.807) is 30.3 Å². The fraction of sp³-hybridized carbons (Fsp3) is 0.250. The molecule has 21 heavy (non-hydrogen) atoms. The maximum absolute atomic E-state index is 11.4. The molecule has 1 aromatic heterocycles. The summed E-state index contributed by atoms with van der Waals surface area (Å²) in [5, 5.41) is 12.3. The summed E-state index contributed by atoms with van der Waals surface area (Å²) in [6.07, 6.45) is 2.89. The first-order valence-electron chi connectivity index (χ1n) is 6.95. The molecule has 5 heteroatoms. The van der Waals surface area contributed by atoms with Gasteiger partial charge in [0.2, 0.25) is 5.56 Å². The van der Waals surface area contributed by atoms with Crippen molar-refractivity contribution in [1.82, 2.24) is 4.98 Å². The summed E-state index contributed by atoms with van der Waals surface area (Å²) in [5.41, 5.74) is 3.19. The summed E-state index contributed by atoms with van der Waals surface area (Å²) in [7, 11) is 0. The molecule has 108 valence electrons. The van der Waals surface area contributed by atoms with Gasteiger partial charge in [-0.2, -0.15) is 0 Å². The molecule has 0 saturated carbocycles. The van der Waals surface area contributed by atoms with Gasteiger partial charge < -0.3 is 15.4 Å². The zero-order chi connectivity index (χ0) is 14.8. The van der Waals surface area contributed by atoms with Crippen molar-refractivity contribution in [3.63, 3.8) is 0 Å². The van der Waals surface area contributed by atoms with Gasteiger partial charge >= 0.3 is 5.97 Å². The lowest BCUT2D eigenvalue weighted by atomic mass is 9.91. The van der Waals surface area contributed by atoms with E-state index in [0.717, 1.165) is 36.2 Å². The van der Waals surface area contributed by atoms with E-state index < -0.39 is 5.97 Å². The molecular weight excluding hydrogens is 268 g/mol. The van der Waals surface area contributed by atoms with Crippen LogP contribution in [0.15, 0.2) is 41.2 Å². The molecule has 0 fully saturated rings. The highest BCUT2D eigenvalue weighted by Gasteiger charge is 2.20. The second-order valence-corrected chi connectivity index (χ2v) is 5.23. The van der Waals surface area contributed by atoms with E-state index in [4.69, 9.17) is 5.11 Å². The molecule has 2 aromatic rings. The SMILES string of the molecule is O=C(O)c1ccc(NC2CCCc3[nH]c(=O)ccc32)cc1. The molecule has 1 atom stereocenters. The highest BCUT2D eigenvalue weighted by Crippen LogP contribution is 2.30. The lowest BCUT2D eigenvalue weighted by Crippen LogP contribution is -2.21. The van der Waals surface area contributed by atoms with Crippen LogP contribution in [-0.2, 0) is 6.42 Å². The number of carbonyl (C=O) groups is 1. The second-order valence-electron chi connectivity index (χ2n) is 5.23. The van der Waals surface area contributed by atoms with Gasteiger partial charge in [-0.15, -0.1) is 0 Å². The van der Waals surface area contributed by atoms with Crippen LogP contribution in [0.2, 0.25) is 0 Å². The number of carboxylic acid groups (broad SMARTS) is 1. The quantitative estimate of drug-likeness (QED) is 0.809. The van der Waals surface area contributed by atoms with Gasteiger partial charge in [0, 0.05) is 17.4 Å². The Bertz CT molecular complexity index is 719. The number of anilines is 1. The Morgan fingerprint density at radius 2 is 1.95 bits per heavy atom. The molecule has 5 nitrogen and oxygen atoms in total. The number of hydrogen-bond acceptors (Lipinski definition) is 3. The van der Waals surface area contributed by atoms with Crippen molar-refractivity contribution in [3.05, 3.63) is 63.6 Å². The van der Waals surface area contributed by atoms with Gasteiger partial charge in [-0.3, -0.25) is 4.79 Å². The van der Waals surface area contributed by atoms with E-state index in [-0.39, 0.29) is 17.2 Å². The molecule has 0 amide bonds. The van der Waals surface area contributed by atoms with Gasteiger partial charge in [-0.05, 0) is 55.2 Å². The number of aromatic amines is 1. The number of aryl methyl sites for hydroxylation is 1. The first kappa shape index (κ1) is 13.4. The largest absolute Gasteiger partial charge is 0.478 e. The monoisotopic (exact) mass is 284 g/mol. The van der Waals surface area contributed by atoms with Crippen LogP contribution in [0.1, 0.15) is 40.5 Å². The molecule has 3 rings (SSSR count). The number of pyridine rings is 1. The summed E-state index contributed by atoms with van der Waals surface area (Å²) in [6.45, 7) is 0. The van der Waals surface area contributed by atoms with Crippen molar-refractivity contribution >= 4 is 11.7 Å². The number of carboxylic acids is 1. The van der Waals surface area contributed by atoms with Gasteiger partial charge in [0.25, 0.3) is 0 Å². The predicted molar refractivity (Wildman–Crippen MR) is 79.8 cm³/mol. The van der Waals surface area contributed by atoms with Gasteiger partial charge in [-0.25, -0.2) is 4.79 Å². The fourth-order valence-electron chi connectivity index (χ4n) is 2.76. The highest BCUT2D eigenvalue weighted by atomic mass is 16.4. The Balaban J connectivity index is 1.83. The van der Waals surface area contributed by atoms with Crippen LogP contribution in [0.3, 0.4) is 0 Å². The molecule has 0 radical (unpaired) electrons. The molecule has 1 aliphatic rings. The summed E-state index contributed by atoms with van der Waals surface area (Å²) in [4.78, 5) is 25.1. The van der Waals surface area contributed by atoms with Gasteiger partial charge in [0.15, 0.2) is 0 Å². The summed E-state index contributed by atoms with van der Waals surface area (Å²) >= 11 is 0. The molecule has 1 aromatic carbocycles. The second kappa shape index (κ2) is 5.44. The number of nitrogens with one attached hydrogen (secondary N) is 2. The van der Waals surface area contributed by atoms with Gasteiger partial charge in [-0.1, -0.05) is 0 Å². The smallest absolute Gasteiger partial charge is 0.335 e. The van der Waals surface area contributed by atoms with E-state index in [1.807, 2.05) is 6.07 Å². The Hall–Kier alpha value is -2.56. The van der Waals surface area contributed by atoms with E-state index in [1.165, 1.54) is 0 Å². The third kappa shape index (κ3) is 2.81. The Morgan fingerprint density at radius 1 is 1.19 bits per heavy atom. The Morgan fingerprint density at radius 3 is 2.67 bits per heavy atom. The average molecular weight is 284 g/mol. The van der Waals surface area contributed by atoms with Gasteiger partial charge in [0.1, 0.15) is 0 Å². The molecule has 0 spiro atoms. The average Bonchev–Trinajstić information content (AvgIpc) is 2.47. The number of aromatic carboxylic acids is 1. The summed E-state index contributed by atoms with van der Waals surface area (Å²) in [6, 6.07) is 10.3. The molecule has 1 unspecified atom stereocenters. The highest BCUT2D eigenvalue weighted by molar-refractivity contribution is 5.88. The molecule has 1 aliphatic carbocycles. The first-order chi connectivity index (χ1) is 10.1. The van der Waals surface area contributed by atoms with E-state index in [0.29, 0.717) is 0 Å². The topological polar surface area (TPSA) is 82.2 Å². The minimum absolute atomic E-state index is 0.0692. The van der Waals surface area contributed by atoms with Crippen molar-refractivity contribution in [2.75, 3.05) is 5.32 Å². The lowest BCUT2D eigenvalue weighted by molar-refractivity contribution is 0.0697. The normalized spacial score (nSPS) is 17.0. The molecule has 1 heterocycles. The zero-order valence-electron chi connectivity index (χ0n) is 11.4. The van der Waals surface area contributed by atoms with E-state index in [9.17, 15) is 9.59 Å². The third-order valence-electron chi connectivity index (χ3n) is 3.80. The number of fused-ring (bicyclic) bond motifs is 1. The zero-order valence-corrected chi connectivity index (χ0v) is 11.4. The maximum atomic E-state index is 11.4. The first-order valence-corrected chi connectivity index (χ1v) is 6.95. The Kier molecular flexibility index (Phi) is 3.48. The van der Waals surface area contributed by atoms with Crippen LogP contribution >= 0.6 is 0 Å². The molecule has 0 bridgehead atoms. The number of H-pyrrole nitrogens is 1. The lowest BCUT2D eigenvalue weighted by Gasteiger charge is -2.26. The van der Waals surface area contributed by atoms with Crippen LogP contribution < -0.4 is 10.9 Å². The van der Waals surface area contributed by atoms with Crippen molar-refractivity contribution in [2.24, 2.45) is 0 Å². The third-order valence-corrected chi connectivity index (χ3v) is 3.80. The summed E-state index contributed by atoms with van der Waals surface area (Å²) < 4.78 is 0. The predicted octanol–water partition coefficient (Wildman–Crippen LogP) is 2.56. The minimum atomic E-state index is -0.929. The van der Waals surface area contributed by atoms with Crippen LogP contribution in [0, 0.1) is 0 Å². The summed E-state index contributed by atoms with van der Waals surface area (Å²) in [5.74, 6) is -0.929. The molecule has 0 saturated heterocycles. The van der Waals surface area contributed by atoms with Crippen molar-refractivity contribution in [3.8, 4) is 0 Å². The standard InChI is InChI=1S/C16H16N2O3/c19-15-9-8-12-13(2-1-3-14(12)18-15)17-11-6-4-10(5-7-11)16(20)21/h4-9,13,17H,1-3H2,(H,18,19)(H,20,21). The van der Waals surface area contributed by atoms with Crippen molar-refractivity contribution < 1.29 is 9.90 Å². The van der Waals surface area contributed by atoms with Gasteiger partial charge in [0.05, 0.1) is 11.6 Å². The molecular formula is C16H16N2O3. The number of aromatic nitrogens is 1. The number of benzene rings is 1. The van der Waals surface area contributed by atoms with Crippen LogP contribution in [0.4, 0.5) is 5.69 Å². The van der Waals surface area contributed by atoms with Crippen LogP contribution in [0.25, 0.3) is 0 Å². The van der Waals surface area contributed by atoms with Crippen molar-refractivity contribution in [1.29, 1.82) is 0 Å². The van der Waals surface area contributed by atoms with Crippen LogP contribution in [0.5, 0.6) is 0 Å². The molecule has 3 N–H and O–H groups in total. The van der Waals surface area contributed by atoms with Crippen molar-refractivity contribution in [2.45, 2.75) is 25.3 Å². The van der Waals surface area contributed by atoms with E-state index >= 15 is 0 Å². The van der Waals surface area contributed by atoms with Crippen LogP contribution in [-0.4, -0.2) is 16.1 Å². The fourth-order valence-corrected chi connectivity index (χ4v) is 2.76. The maximum Gasteiger partial charge on any atom is 0.335 e. The Labute approximate surface area is 121 Å². The number of hydrogen-bond donors (Lipinski definition) is 3. The number of rotatable bonds is 3. The molecule has 0 aliphatic heterocycles.